The van der Waals surface area contributed by atoms with Gasteiger partial charge in [-0.2, -0.15) is 0 Å². The van der Waals surface area contributed by atoms with E-state index in [1.807, 2.05) is 0 Å². The molecule has 1 saturated carbocycles. The largest absolute Gasteiger partial charge is 0.454 e. The van der Waals surface area contributed by atoms with E-state index < -0.39 is 5.60 Å². The van der Waals surface area contributed by atoms with Crippen molar-refractivity contribution in [1.29, 1.82) is 0 Å². The first kappa shape index (κ1) is 10.7. The van der Waals surface area contributed by atoms with E-state index in [9.17, 15) is 4.79 Å². The number of hydrogen-bond acceptors (Lipinski definition) is 3. The van der Waals surface area contributed by atoms with Crippen molar-refractivity contribution in [3.63, 3.8) is 0 Å². The molecule has 0 saturated heterocycles. The van der Waals surface area contributed by atoms with Crippen LogP contribution < -0.4 is 0 Å². The van der Waals surface area contributed by atoms with Crippen molar-refractivity contribution in [3.8, 4) is 0 Å². The minimum atomic E-state index is -0.555. The standard InChI is InChI=1S/C10H9Cl2NO2/c1-6(14)15-10(4-5-10)7-2-3-8(11)13-9(7)12/h2-3H,4-5H2,1H3. The van der Waals surface area contributed by atoms with E-state index in [1.165, 1.54) is 6.92 Å². The normalized spacial score (nSPS) is 17.3. The van der Waals surface area contributed by atoms with Crippen LogP contribution in [0.4, 0.5) is 0 Å². The molecular formula is C10H9Cl2NO2. The van der Waals surface area contributed by atoms with Gasteiger partial charge in [0.2, 0.25) is 0 Å². The quantitative estimate of drug-likeness (QED) is 0.594. The van der Waals surface area contributed by atoms with Gasteiger partial charge in [-0.1, -0.05) is 23.2 Å². The van der Waals surface area contributed by atoms with E-state index in [1.54, 1.807) is 12.1 Å². The Morgan fingerprint density at radius 2 is 2.13 bits per heavy atom. The second kappa shape index (κ2) is 3.65. The van der Waals surface area contributed by atoms with Gasteiger partial charge in [0.25, 0.3) is 0 Å². The lowest BCUT2D eigenvalue weighted by Gasteiger charge is -2.16. The third-order valence-electron chi connectivity index (χ3n) is 2.35. The number of halogens is 2. The van der Waals surface area contributed by atoms with E-state index >= 15 is 0 Å². The molecule has 1 aliphatic rings. The lowest BCUT2D eigenvalue weighted by molar-refractivity contribution is -0.149. The first-order valence-electron chi connectivity index (χ1n) is 4.56. The number of rotatable bonds is 2. The van der Waals surface area contributed by atoms with Crippen LogP contribution >= 0.6 is 23.2 Å². The minimum absolute atomic E-state index is 0.307. The first-order valence-corrected chi connectivity index (χ1v) is 5.31. The number of nitrogens with zero attached hydrogens (tertiary/aromatic N) is 1. The predicted octanol–water partition coefficient (Wildman–Crippen LogP) is 2.94. The van der Waals surface area contributed by atoms with Crippen molar-refractivity contribution < 1.29 is 9.53 Å². The van der Waals surface area contributed by atoms with Crippen LogP contribution in [-0.4, -0.2) is 11.0 Å². The van der Waals surface area contributed by atoms with Crippen LogP contribution in [0.3, 0.4) is 0 Å². The van der Waals surface area contributed by atoms with Crippen LogP contribution in [0.25, 0.3) is 0 Å². The molecular weight excluding hydrogens is 237 g/mol. The second-order valence-electron chi connectivity index (χ2n) is 3.56. The molecule has 1 aromatic heterocycles. The van der Waals surface area contributed by atoms with Gasteiger partial charge in [-0.15, -0.1) is 0 Å². The summed E-state index contributed by atoms with van der Waals surface area (Å²) in [5.74, 6) is -0.307. The number of hydrogen-bond donors (Lipinski definition) is 0. The molecule has 0 atom stereocenters. The highest BCUT2D eigenvalue weighted by Gasteiger charge is 2.49. The van der Waals surface area contributed by atoms with Crippen LogP contribution in [0.1, 0.15) is 25.3 Å². The molecule has 0 unspecified atom stereocenters. The molecule has 1 aromatic rings. The van der Waals surface area contributed by atoms with Gasteiger partial charge >= 0.3 is 5.97 Å². The first-order chi connectivity index (χ1) is 7.03. The molecule has 15 heavy (non-hydrogen) atoms. The number of esters is 1. The number of pyridine rings is 1. The highest BCUT2D eigenvalue weighted by Crippen LogP contribution is 2.51. The second-order valence-corrected chi connectivity index (χ2v) is 4.31. The van der Waals surface area contributed by atoms with Crippen molar-refractivity contribution in [2.24, 2.45) is 0 Å². The summed E-state index contributed by atoms with van der Waals surface area (Å²) in [5, 5.41) is 0.642. The molecule has 1 heterocycles. The monoisotopic (exact) mass is 245 g/mol. The summed E-state index contributed by atoms with van der Waals surface area (Å²) < 4.78 is 5.25. The van der Waals surface area contributed by atoms with Crippen LogP contribution in [-0.2, 0) is 15.1 Å². The number of ether oxygens (including phenoxy) is 1. The van der Waals surface area contributed by atoms with Crippen LogP contribution in [0.2, 0.25) is 10.3 Å². The maximum Gasteiger partial charge on any atom is 0.303 e. The summed E-state index contributed by atoms with van der Waals surface area (Å²) in [6, 6.07) is 3.40. The average Bonchev–Trinajstić information content (AvgIpc) is 2.83. The molecule has 0 radical (unpaired) electrons. The molecule has 0 aromatic carbocycles. The Balaban J connectivity index is 2.33. The third kappa shape index (κ3) is 2.08. The Labute approximate surface area is 97.4 Å². The summed E-state index contributed by atoms with van der Waals surface area (Å²) in [5.41, 5.74) is 0.185. The topological polar surface area (TPSA) is 39.2 Å². The molecule has 0 aliphatic heterocycles. The van der Waals surface area contributed by atoms with E-state index in [2.05, 4.69) is 4.98 Å². The van der Waals surface area contributed by atoms with Crippen molar-refractivity contribution in [1.82, 2.24) is 4.98 Å². The van der Waals surface area contributed by atoms with Crippen molar-refractivity contribution in [2.45, 2.75) is 25.4 Å². The molecule has 3 nitrogen and oxygen atoms in total. The predicted molar refractivity (Wildman–Crippen MR) is 56.9 cm³/mol. The van der Waals surface area contributed by atoms with Gasteiger partial charge in [-0.3, -0.25) is 4.79 Å². The van der Waals surface area contributed by atoms with Crippen LogP contribution in [0.5, 0.6) is 0 Å². The summed E-state index contributed by atoms with van der Waals surface area (Å²) in [4.78, 5) is 14.9. The molecule has 0 N–H and O–H groups in total. The lowest BCUT2D eigenvalue weighted by Crippen LogP contribution is -2.16. The van der Waals surface area contributed by atoms with Gasteiger partial charge in [0, 0.05) is 12.5 Å². The van der Waals surface area contributed by atoms with E-state index in [4.69, 9.17) is 27.9 Å². The Morgan fingerprint density at radius 1 is 1.47 bits per heavy atom. The fourth-order valence-corrected chi connectivity index (χ4v) is 2.08. The number of carbonyl (C=O) groups excluding carboxylic acids is 1. The molecule has 0 amide bonds. The zero-order chi connectivity index (χ0) is 11.1. The summed E-state index contributed by atoms with van der Waals surface area (Å²) in [6.45, 7) is 1.39. The molecule has 1 fully saturated rings. The molecule has 1 aliphatic carbocycles. The van der Waals surface area contributed by atoms with Crippen LogP contribution in [0, 0.1) is 0 Å². The van der Waals surface area contributed by atoms with Gasteiger partial charge in [0.15, 0.2) is 0 Å². The molecule has 0 spiro atoms. The zero-order valence-corrected chi connectivity index (χ0v) is 9.60. The highest BCUT2D eigenvalue weighted by molar-refractivity contribution is 6.32. The average molecular weight is 246 g/mol. The Kier molecular flexibility index (Phi) is 2.61. The summed E-state index contributed by atoms with van der Waals surface area (Å²) >= 11 is 11.6. The fraction of sp³-hybridized carbons (Fsp3) is 0.400. The van der Waals surface area contributed by atoms with Gasteiger partial charge in [-0.25, -0.2) is 4.98 Å². The minimum Gasteiger partial charge on any atom is -0.454 e. The smallest absolute Gasteiger partial charge is 0.303 e. The molecule has 5 heteroatoms. The van der Waals surface area contributed by atoms with Crippen molar-refractivity contribution in [2.75, 3.05) is 0 Å². The van der Waals surface area contributed by atoms with Gasteiger partial charge in [0.05, 0.1) is 0 Å². The fourth-order valence-electron chi connectivity index (χ4n) is 1.57. The SMILES string of the molecule is CC(=O)OC1(c2ccc(Cl)nc2Cl)CC1. The number of aromatic nitrogens is 1. The summed E-state index contributed by atoms with van der Waals surface area (Å²) in [7, 11) is 0. The van der Waals surface area contributed by atoms with Gasteiger partial charge in [-0.05, 0) is 25.0 Å². The zero-order valence-electron chi connectivity index (χ0n) is 8.09. The Morgan fingerprint density at radius 3 is 2.60 bits per heavy atom. The van der Waals surface area contributed by atoms with E-state index in [-0.39, 0.29) is 5.97 Å². The highest BCUT2D eigenvalue weighted by atomic mass is 35.5. The molecule has 80 valence electrons. The van der Waals surface area contributed by atoms with Gasteiger partial charge in [0.1, 0.15) is 15.9 Å². The molecule has 0 bridgehead atoms. The Bertz CT molecular complexity index is 416. The maximum absolute atomic E-state index is 10.9. The van der Waals surface area contributed by atoms with E-state index in [0.717, 1.165) is 18.4 Å². The third-order valence-corrected chi connectivity index (χ3v) is 2.85. The lowest BCUT2D eigenvalue weighted by atomic mass is 10.1. The van der Waals surface area contributed by atoms with Crippen molar-refractivity contribution >= 4 is 29.2 Å². The van der Waals surface area contributed by atoms with Gasteiger partial charge < -0.3 is 4.74 Å². The van der Waals surface area contributed by atoms with Crippen molar-refractivity contribution in [3.05, 3.63) is 28.0 Å². The van der Waals surface area contributed by atoms with Crippen LogP contribution in [0.15, 0.2) is 12.1 Å². The number of carbonyl (C=O) groups is 1. The summed E-state index contributed by atoms with van der Waals surface area (Å²) in [6.07, 6.45) is 1.57. The Hall–Kier alpha value is -0.800. The maximum atomic E-state index is 10.9. The molecule has 2 rings (SSSR count). The van der Waals surface area contributed by atoms with E-state index in [0.29, 0.717) is 10.3 Å².